The van der Waals surface area contributed by atoms with Crippen LogP contribution in [-0.2, 0) is 9.59 Å². The monoisotopic (exact) mass is 390 g/mol. The largest absolute Gasteiger partial charge is 0.495 e. The van der Waals surface area contributed by atoms with Crippen molar-refractivity contribution in [1.82, 2.24) is 15.1 Å². The van der Waals surface area contributed by atoms with Gasteiger partial charge in [-0.15, -0.1) is 0 Å². The smallest absolute Gasteiger partial charge is 0.241 e. The highest BCUT2D eigenvalue weighted by Crippen LogP contribution is 2.23. The maximum absolute atomic E-state index is 12.7. The highest BCUT2D eigenvalue weighted by molar-refractivity contribution is 5.95. The highest BCUT2D eigenvalue weighted by atomic mass is 16.5. The summed E-state index contributed by atoms with van der Waals surface area (Å²) >= 11 is 0. The lowest BCUT2D eigenvalue weighted by molar-refractivity contribution is -0.124. The minimum atomic E-state index is -0.256. The van der Waals surface area contributed by atoms with Gasteiger partial charge >= 0.3 is 0 Å². The summed E-state index contributed by atoms with van der Waals surface area (Å²) in [6.45, 7) is 11.5. The lowest BCUT2D eigenvalue weighted by Crippen LogP contribution is -2.47. The standard InChI is InChI=1S/C21H34N4O3/c1-16(20(27)22-17-9-6-7-10-18(17)28-5)25-12-8-11-24(13-14-25)15-19(26)23-21(2,3)4/h6-7,9-10,16H,8,11-15H2,1-5H3,(H,22,27)(H,23,26)/t16-/m1/s1. The summed E-state index contributed by atoms with van der Waals surface area (Å²) in [4.78, 5) is 29.2. The first-order chi connectivity index (χ1) is 13.2. The third-order valence-corrected chi connectivity index (χ3v) is 4.80. The molecule has 0 bridgehead atoms. The molecular weight excluding hydrogens is 356 g/mol. The normalized spacial score (nSPS) is 17.5. The van der Waals surface area contributed by atoms with Gasteiger partial charge in [-0.3, -0.25) is 19.4 Å². The fourth-order valence-corrected chi connectivity index (χ4v) is 3.35. The molecule has 2 rings (SSSR count). The van der Waals surface area contributed by atoms with E-state index in [1.165, 1.54) is 0 Å². The van der Waals surface area contributed by atoms with Crippen molar-refractivity contribution in [2.75, 3.05) is 45.2 Å². The highest BCUT2D eigenvalue weighted by Gasteiger charge is 2.25. The number of benzene rings is 1. The van der Waals surface area contributed by atoms with Gasteiger partial charge < -0.3 is 15.4 Å². The molecule has 28 heavy (non-hydrogen) atoms. The van der Waals surface area contributed by atoms with Gasteiger partial charge in [0, 0.05) is 25.2 Å². The van der Waals surface area contributed by atoms with Gasteiger partial charge in [0.2, 0.25) is 11.8 Å². The van der Waals surface area contributed by atoms with E-state index in [1.54, 1.807) is 7.11 Å². The number of nitrogens with zero attached hydrogens (tertiary/aromatic N) is 2. The van der Waals surface area contributed by atoms with E-state index in [0.717, 1.165) is 32.6 Å². The average molecular weight is 391 g/mol. The molecule has 2 amide bonds. The third kappa shape index (κ3) is 6.80. The lowest BCUT2D eigenvalue weighted by atomic mass is 10.1. The van der Waals surface area contributed by atoms with Crippen LogP contribution >= 0.6 is 0 Å². The van der Waals surface area contributed by atoms with Crippen molar-refractivity contribution in [3.8, 4) is 5.75 Å². The van der Waals surface area contributed by atoms with E-state index in [9.17, 15) is 9.59 Å². The van der Waals surface area contributed by atoms with Crippen molar-refractivity contribution in [3.05, 3.63) is 24.3 Å². The van der Waals surface area contributed by atoms with Gasteiger partial charge in [-0.05, 0) is 52.8 Å². The molecule has 0 saturated carbocycles. The number of anilines is 1. The molecule has 0 radical (unpaired) electrons. The minimum Gasteiger partial charge on any atom is -0.495 e. The number of para-hydroxylation sites is 2. The van der Waals surface area contributed by atoms with E-state index in [4.69, 9.17) is 4.74 Å². The Kier molecular flexibility index (Phi) is 7.83. The number of nitrogens with one attached hydrogen (secondary N) is 2. The second kappa shape index (κ2) is 9.89. The molecule has 1 atom stereocenters. The quantitative estimate of drug-likeness (QED) is 0.777. The maximum Gasteiger partial charge on any atom is 0.241 e. The van der Waals surface area contributed by atoms with Crippen LogP contribution < -0.4 is 15.4 Å². The number of carbonyl (C=O) groups excluding carboxylic acids is 2. The number of methoxy groups -OCH3 is 1. The Morgan fingerprint density at radius 1 is 1.14 bits per heavy atom. The fraction of sp³-hybridized carbons (Fsp3) is 0.619. The molecule has 0 aromatic heterocycles. The van der Waals surface area contributed by atoms with Crippen LogP contribution in [0.2, 0.25) is 0 Å². The fourth-order valence-electron chi connectivity index (χ4n) is 3.35. The molecule has 7 heteroatoms. The maximum atomic E-state index is 12.7. The van der Waals surface area contributed by atoms with Crippen LogP contribution in [0, 0.1) is 0 Å². The average Bonchev–Trinajstić information content (AvgIpc) is 2.85. The molecule has 0 unspecified atom stereocenters. The molecule has 1 saturated heterocycles. The molecule has 1 aliphatic rings. The topological polar surface area (TPSA) is 73.9 Å². The van der Waals surface area contributed by atoms with Crippen LogP contribution in [0.15, 0.2) is 24.3 Å². The molecule has 0 spiro atoms. The molecule has 1 aliphatic heterocycles. The lowest BCUT2D eigenvalue weighted by Gasteiger charge is -2.27. The van der Waals surface area contributed by atoms with Gasteiger partial charge in [-0.2, -0.15) is 0 Å². The van der Waals surface area contributed by atoms with Crippen LogP contribution in [0.1, 0.15) is 34.1 Å². The first-order valence-corrected chi connectivity index (χ1v) is 9.91. The van der Waals surface area contributed by atoms with Crippen molar-refractivity contribution in [1.29, 1.82) is 0 Å². The van der Waals surface area contributed by atoms with Crippen molar-refractivity contribution in [3.63, 3.8) is 0 Å². The number of hydrogen-bond acceptors (Lipinski definition) is 5. The molecule has 1 heterocycles. The molecule has 7 nitrogen and oxygen atoms in total. The van der Waals surface area contributed by atoms with E-state index in [0.29, 0.717) is 18.0 Å². The molecule has 1 aromatic carbocycles. The first kappa shape index (κ1) is 22.2. The van der Waals surface area contributed by atoms with Crippen LogP contribution in [0.5, 0.6) is 5.75 Å². The summed E-state index contributed by atoms with van der Waals surface area (Å²) in [7, 11) is 1.59. The van der Waals surface area contributed by atoms with Crippen molar-refractivity contribution < 1.29 is 14.3 Å². The number of carbonyl (C=O) groups is 2. The Morgan fingerprint density at radius 3 is 2.54 bits per heavy atom. The first-order valence-electron chi connectivity index (χ1n) is 9.91. The van der Waals surface area contributed by atoms with E-state index in [2.05, 4.69) is 20.4 Å². The molecule has 0 aliphatic carbocycles. The van der Waals surface area contributed by atoms with Crippen LogP contribution in [-0.4, -0.2) is 73.0 Å². The number of amides is 2. The molecule has 2 N–H and O–H groups in total. The van der Waals surface area contributed by atoms with Gasteiger partial charge in [0.1, 0.15) is 5.75 Å². The summed E-state index contributed by atoms with van der Waals surface area (Å²) in [5.74, 6) is 0.640. The van der Waals surface area contributed by atoms with E-state index >= 15 is 0 Å². The number of rotatable bonds is 6. The Labute approximate surface area is 168 Å². The Bertz CT molecular complexity index is 672. The van der Waals surface area contributed by atoms with Crippen molar-refractivity contribution >= 4 is 17.5 Å². The predicted octanol–water partition coefficient (Wildman–Crippen LogP) is 1.94. The summed E-state index contributed by atoms with van der Waals surface area (Å²) in [6.07, 6.45) is 0.926. The zero-order valence-electron chi connectivity index (χ0n) is 17.7. The molecular formula is C21H34N4O3. The van der Waals surface area contributed by atoms with Crippen molar-refractivity contribution in [2.45, 2.75) is 45.7 Å². The minimum absolute atomic E-state index is 0.0444. The van der Waals surface area contributed by atoms with Crippen LogP contribution in [0.4, 0.5) is 5.69 Å². The zero-order chi connectivity index (χ0) is 20.7. The molecule has 1 aromatic rings. The second-order valence-corrected chi connectivity index (χ2v) is 8.33. The SMILES string of the molecule is COc1ccccc1NC(=O)[C@@H](C)N1CCCN(CC(=O)NC(C)(C)C)CC1. The van der Waals surface area contributed by atoms with Gasteiger partial charge in [0.15, 0.2) is 0 Å². The van der Waals surface area contributed by atoms with E-state index < -0.39 is 0 Å². The Hall–Kier alpha value is -2.12. The zero-order valence-corrected chi connectivity index (χ0v) is 17.7. The van der Waals surface area contributed by atoms with Crippen LogP contribution in [0.3, 0.4) is 0 Å². The number of ether oxygens (including phenoxy) is 1. The summed E-state index contributed by atoms with van der Waals surface area (Å²) in [6, 6.07) is 7.15. The van der Waals surface area contributed by atoms with Crippen molar-refractivity contribution in [2.24, 2.45) is 0 Å². The summed E-state index contributed by atoms with van der Waals surface area (Å²) in [5, 5.41) is 5.97. The third-order valence-electron chi connectivity index (χ3n) is 4.80. The van der Waals surface area contributed by atoms with E-state index in [1.807, 2.05) is 52.0 Å². The Morgan fingerprint density at radius 2 is 1.86 bits per heavy atom. The van der Waals surface area contributed by atoms with Gasteiger partial charge in [-0.1, -0.05) is 12.1 Å². The molecule has 156 valence electrons. The van der Waals surface area contributed by atoms with Gasteiger partial charge in [0.05, 0.1) is 25.4 Å². The summed E-state index contributed by atoms with van der Waals surface area (Å²) < 4.78 is 5.30. The van der Waals surface area contributed by atoms with Gasteiger partial charge in [0.25, 0.3) is 0 Å². The number of hydrogen-bond donors (Lipinski definition) is 2. The van der Waals surface area contributed by atoms with E-state index in [-0.39, 0.29) is 23.4 Å². The Balaban J connectivity index is 1.88. The van der Waals surface area contributed by atoms with Crippen LogP contribution in [0.25, 0.3) is 0 Å². The summed E-state index contributed by atoms with van der Waals surface area (Å²) in [5.41, 5.74) is 0.456. The second-order valence-electron chi connectivity index (χ2n) is 8.33. The molecule has 1 fully saturated rings. The predicted molar refractivity (Wildman–Crippen MR) is 112 cm³/mol. The van der Waals surface area contributed by atoms with Gasteiger partial charge in [-0.25, -0.2) is 0 Å².